The lowest BCUT2D eigenvalue weighted by Gasteiger charge is -2.38. The Morgan fingerprint density at radius 1 is 1.45 bits per heavy atom. The van der Waals surface area contributed by atoms with E-state index < -0.39 is 5.60 Å². The van der Waals surface area contributed by atoms with E-state index in [2.05, 4.69) is 10.2 Å². The van der Waals surface area contributed by atoms with Crippen LogP contribution in [0, 0.1) is 0 Å². The van der Waals surface area contributed by atoms with Gasteiger partial charge >= 0.3 is 6.09 Å². The van der Waals surface area contributed by atoms with E-state index in [1.54, 1.807) is 22.9 Å². The van der Waals surface area contributed by atoms with E-state index in [1.807, 2.05) is 13.8 Å². The summed E-state index contributed by atoms with van der Waals surface area (Å²) in [6, 6.07) is 1.81. The minimum Gasteiger partial charge on any atom is -0.439 e. The van der Waals surface area contributed by atoms with E-state index in [0.29, 0.717) is 31.2 Å². The maximum atomic E-state index is 12.6. The smallest absolute Gasteiger partial charge is 0.410 e. The predicted molar refractivity (Wildman–Crippen MR) is 79.7 cm³/mol. The number of nitrogens with one attached hydrogen (secondary N) is 1. The lowest BCUT2D eigenvalue weighted by Crippen LogP contribution is -2.52. The van der Waals surface area contributed by atoms with Gasteiger partial charge in [0.2, 0.25) is 0 Å². The molecule has 0 bridgehead atoms. The van der Waals surface area contributed by atoms with E-state index in [4.69, 9.17) is 4.74 Å². The second-order valence-corrected chi connectivity index (χ2v) is 6.60. The van der Waals surface area contributed by atoms with Crippen molar-refractivity contribution in [1.29, 1.82) is 0 Å². The Labute approximate surface area is 129 Å². The molecule has 2 saturated heterocycles. The van der Waals surface area contributed by atoms with Crippen molar-refractivity contribution in [3.8, 4) is 0 Å². The molecule has 0 unspecified atom stereocenters. The normalized spacial score (nSPS) is 25.2. The number of carbonyl (C=O) groups is 2. The highest BCUT2D eigenvalue weighted by molar-refractivity contribution is 5.92. The van der Waals surface area contributed by atoms with Crippen molar-refractivity contribution >= 4 is 12.0 Å². The zero-order chi connectivity index (χ0) is 15.9. The van der Waals surface area contributed by atoms with Crippen LogP contribution in [0.25, 0.3) is 0 Å². The van der Waals surface area contributed by atoms with Gasteiger partial charge in [0, 0.05) is 19.3 Å². The van der Waals surface area contributed by atoms with Crippen molar-refractivity contribution < 1.29 is 14.3 Å². The summed E-state index contributed by atoms with van der Waals surface area (Å²) < 4.78 is 5.53. The average Bonchev–Trinajstić information content (AvgIpc) is 3.05. The first-order valence-corrected chi connectivity index (χ1v) is 7.69. The molecule has 2 aliphatic rings. The van der Waals surface area contributed by atoms with Gasteiger partial charge in [-0.25, -0.2) is 4.79 Å². The maximum Gasteiger partial charge on any atom is 0.410 e. The molecule has 3 rings (SSSR count). The molecule has 0 radical (unpaired) electrons. The van der Waals surface area contributed by atoms with Crippen LogP contribution in [0.2, 0.25) is 0 Å². The molecule has 22 heavy (non-hydrogen) atoms. The van der Waals surface area contributed by atoms with Crippen LogP contribution >= 0.6 is 0 Å². The van der Waals surface area contributed by atoms with Crippen molar-refractivity contribution in [3.05, 3.63) is 17.5 Å². The average molecular weight is 306 g/mol. The van der Waals surface area contributed by atoms with E-state index in [1.165, 1.54) is 0 Å². The van der Waals surface area contributed by atoms with Gasteiger partial charge in [0.15, 0.2) is 0 Å². The van der Waals surface area contributed by atoms with Crippen molar-refractivity contribution in [3.63, 3.8) is 0 Å². The zero-order valence-electron chi connectivity index (χ0n) is 13.3. The molecular formula is C15H22N4O3. The second kappa shape index (κ2) is 5.30. The number of carbonyl (C=O) groups excluding carboxylic acids is 2. The lowest BCUT2D eigenvalue weighted by molar-refractivity contribution is -0.00541. The van der Waals surface area contributed by atoms with Gasteiger partial charge in [0.05, 0.1) is 13.1 Å². The molecule has 2 aliphatic heterocycles. The van der Waals surface area contributed by atoms with Crippen LogP contribution in [0.15, 0.2) is 6.07 Å². The van der Waals surface area contributed by atoms with Crippen molar-refractivity contribution in [2.75, 3.05) is 26.7 Å². The molecule has 0 aromatic carbocycles. The molecule has 1 spiro atoms. The molecule has 1 atom stereocenters. The summed E-state index contributed by atoms with van der Waals surface area (Å²) >= 11 is 0. The van der Waals surface area contributed by atoms with Gasteiger partial charge < -0.3 is 14.5 Å². The molecule has 0 aliphatic carbocycles. The third-order valence-electron chi connectivity index (χ3n) is 4.41. The number of aromatic nitrogens is 2. The molecule has 0 saturated carbocycles. The Kier molecular flexibility index (Phi) is 3.58. The number of rotatable bonds is 2. The summed E-state index contributed by atoms with van der Waals surface area (Å²) in [5.74, 6) is 0.194. The molecule has 7 nitrogen and oxygen atoms in total. The highest BCUT2D eigenvalue weighted by atomic mass is 16.6. The number of aromatic amines is 1. The first-order valence-electron chi connectivity index (χ1n) is 7.69. The predicted octanol–water partition coefficient (Wildman–Crippen LogP) is 1.59. The summed E-state index contributed by atoms with van der Waals surface area (Å²) in [6.45, 7) is 5.74. The van der Waals surface area contributed by atoms with Gasteiger partial charge in [0.1, 0.15) is 11.3 Å². The number of likely N-dealkylation sites (tertiary alicyclic amines) is 1. The fourth-order valence-electron chi connectivity index (χ4n) is 3.18. The standard InChI is InChI=1S/C15H22N4O3/c1-10(2)11-7-12(17-16-11)13(20)19-6-4-5-15(9-19)8-18(3)14(21)22-15/h7,10H,4-6,8-9H2,1-3H3,(H,16,17)/t15-/m1/s1. The monoisotopic (exact) mass is 306 g/mol. The van der Waals surface area contributed by atoms with Crippen LogP contribution in [0.5, 0.6) is 0 Å². The number of piperidine rings is 1. The minimum absolute atomic E-state index is 0.104. The van der Waals surface area contributed by atoms with Crippen LogP contribution in [-0.2, 0) is 4.74 Å². The molecule has 1 aromatic heterocycles. The summed E-state index contributed by atoms with van der Waals surface area (Å²) in [4.78, 5) is 27.6. The Balaban J connectivity index is 1.74. The van der Waals surface area contributed by atoms with Crippen LogP contribution in [0.3, 0.4) is 0 Å². The number of hydrogen-bond donors (Lipinski definition) is 1. The van der Waals surface area contributed by atoms with E-state index in [-0.39, 0.29) is 12.0 Å². The number of nitrogens with zero attached hydrogens (tertiary/aromatic N) is 3. The lowest BCUT2D eigenvalue weighted by atomic mass is 9.92. The van der Waals surface area contributed by atoms with E-state index in [9.17, 15) is 9.59 Å². The van der Waals surface area contributed by atoms with Gasteiger partial charge in [-0.05, 0) is 24.8 Å². The molecule has 2 fully saturated rings. The summed E-state index contributed by atoms with van der Waals surface area (Å²) in [7, 11) is 1.72. The Morgan fingerprint density at radius 3 is 2.82 bits per heavy atom. The van der Waals surface area contributed by atoms with Gasteiger partial charge in [-0.2, -0.15) is 5.10 Å². The Bertz CT molecular complexity index is 597. The van der Waals surface area contributed by atoms with Gasteiger partial charge in [0.25, 0.3) is 5.91 Å². The Morgan fingerprint density at radius 2 is 2.23 bits per heavy atom. The van der Waals surface area contributed by atoms with Crippen LogP contribution in [-0.4, -0.2) is 64.3 Å². The number of ether oxygens (including phenoxy) is 1. The fourth-order valence-corrected chi connectivity index (χ4v) is 3.18. The minimum atomic E-state index is -0.559. The summed E-state index contributed by atoms with van der Waals surface area (Å²) in [6.07, 6.45) is 1.31. The van der Waals surface area contributed by atoms with E-state index in [0.717, 1.165) is 18.5 Å². The van der Waals surface area contributed by atoms with Gasteiger partial charge in [-0.15, -0.1) is 0 Å². The number of amides is 2. The second-order valence-electron chi connectivity index (χ2n) is 6.60. The molecule has 2 amide bonds. The molecule has 120 valence electrons. The number of likely N-dealkylation sites (N-methyl/N-ethyl adjacent to an activating group) is 1. The van der Waals surface area contributed by atoms with Crippen LogP contribution in [0.4, 0.5) is 4.79 Å². The third kappa shape index (κ3) is 2.55. The highest BCUT2D eigenvalue weighted by Gasteiger charge is 2.47. The van der Waals surface area contributed by atoms with E-state index >= 15 is 0 Å². The van der Waals surface area contributed by atoms with Crippen LogP contribution < -0.4 is 0 Å². The zero-order valence-corrected chi connectivity index (χ0v) is 13.3. The van der Waals surface area contributed by atoms with Crippen molar-refractivity contribution in [1.82, 2.24) is 20.0 Å². The quantitative estimate of drug-likeness (QED) is 0.900. The van der Waals surface area contributed by atoms with Crippen molar-refractivity contribution in [2.24, 2.45) is 0 Å². The number of hydrogen-bond acceptors (Lipinski definition) is 4. The molecule has 1 aromatic rings. The molecule has 1 N–H and O–H groups in total. The molecular weight excluding hydrogens is 284 g/mol. The Hall–Kier alpha value is -2.05. The fraction of sp³-hybridized carbons (Fsp3) is 0.667. The third-order valence-corrected chi connectivity index (χ3v) is 4.41. The molecule has 3 heterocycles. The summed E-state index contributed by atoms with van der Waals surface area (Å²) in [5, 5.41) is 7.03. The number of H-pyrrole nitrogens is 1. The van der Waals surface area contributed by atoms with Gasteiger partial charge in [-0.1, -0.05) is 13.8 Å². The highest BCUT2D eigenvalue weighted by Crippen LogP contribution is 2.31. The largest absolute Gasteiger partial charge is 0.439 e. The maximum absolute atomic E-state index is 12.6. The van der Waals surface area contributed by atoms with Gasteiger partial charge in [-0.3, -0.25) is 9.89 Å². The van der Waals surface area contributed by atoms with Crippen molar-refractivity contribution in [2.45, 2.75) is 38.2 Å². The van der Waals surface area contributed by atoms with Crippen LogP contribution in [0.1, 0.15) is 48.8 Å². The molecule has 7 heteroatoms. The topological polar surface area (TPSA) is 78.5 Å². The summed E-state index contributed by atoms with van der Waals surface area (Å²) in [5.41, 5.74) is 0.817. The first-order chi connectivity index (χ1) is 10.4. The SMILES string of the molecule is CC(C)c1cc(C(=O)N2CCC[C@@]3(CN(C)C(=O)O3)C2)n[nH]1. The first kappa shape index (κ1) is 14.9.